The molecular weight excluding hydrogens is 224 g/mol. The summed E-state index contributed by atoms with van der Waals surface area (Å²) in [6.07, 6.45) is 3.57. The van der Waals surface area contributed by atoms with E-state index in [1.54, 1.807) is 6.07 Å². The van der Waals surface area contributed by atoms with E-state index in [0.29, 0.717) is 11.6 Å². The highest BCUT2D eigenvalue weighted by atomic mass is 35.5. The lowest BCUT2D eigenvalue weighted by Crippen LogP contribution is -2.27. The summed E-state index contributed by atoms with van der Waals surface area (Å²) in [6, 6.07) is 3.58. The smallest absolute Gasteiger partial charge is 0.143 e. The van der Waals surface area contributed by atoms with Crippen molar-refractivity contribution in [2.75, 3.05) is 5.73 Å². The molecular formula is C12H19ClN2O. The Morgan fingerprint density at radius 2 is 2.00 bits per heavy atom. The first-order valence-corrected chi connectivity index (χ1v) is 5.44. The van der Waals surface area contributed by atoms with Gasteiger partial charge in [-0.3, -0.25) is 0 Å². The van der Waals surface area contributed by atoms with Crippen LogP contribution in [0.1, 0.15) is 36.4 Å². The highest BCUT2D eigenvalue weighted by Crippen LogP contribution is 2.41. The zero-order valence-electron chi connectivity index (χ0n) is 9.44. The number of hydrogen-bond acceptors (Lipinski definition) is 3. The molecule has 0 aromatic heterocycles. The van der Waals surface area contributed by atoms with Crippen LogP contribution in [0, 0.1) is 12.8 Å². The van der Waals surface area contributed by atoms with Crippen LogP contribution in [0.4, 0.5) is 5.69 Å². The van der Waals surface area contributed by atoms with Gasteiger partial charge in [0, 0.05) is 11.6 Å². The molecule has 5 N–H and O–H groups in total. The van der Waals surface area contributed by atoms with Gasteiger partial charge in [-0.25, -0.2) is 0 Å². The van der Waals surface area contributed by atoms with Gasteiger partial charge in [-0.1, -0.05) is 12.5 Å². The molecule has 0 aliphatic heterocycles. The van der Waals surface area contributed by atoms with Gasteiger partial charge in [0.05, 0.1) is 5.69 Å². The van der Waals surface area contributed by atoms with Crippen LogP contribution >= 0.6 is 12.4 Å². The number of benzene rings is 1. The van der Waals surface area contributed by atoms with Crippen molar-refractivity contribution in [3.8, 4) is 5.75 Å². The first-order valence-electron chi connectivity index (χ1n) is 5.44. The van der Waals surface area contributed by atoms with Crippen LogP contribution in [0.3, 0.4) is 0 Å². The lowest BCUT2D eigenvalue weighted by atomic mass is 9.76. The Kier molecular flexibility index (Phi) is 4.05. The maximum atomic E-state index is 9.91. The quantitative estimate of drug-likeness (QED) is 0.551. The molecule has 1 saturated carbocycles. The van der Waals surface area contributed by atoms with Gasteiger partial charge in [0.1, 0.15) is 5.75 Å². The van der Waals surface area contributed by atoms with E-state index in [9.17, 15) is 5.11 Å². The Bertz CT molecular complexity index is 378. The number of aryl methyl sites for hydroxylation is 1. The molecule has 4 heteroatoms. The van der Waals surface area contributed by atoms with E-state index in [-0.39, 0.29) is 24.2 Å². The fraction of sp³-hybridized carbons (Fsp3) is 0.500. The van der Waals surface area contributed by atoms with Crippen molar-refractivity contribution in [3.05, 3.63) is 23.3 Å². The van der Waals surface area contributed by atoms with E-state index in [1.165, 1.54) is 6.42 Å². The molecule has 1 atom stereocenters. The minimum Gasteiger partial charge on any atom is -0.505 e. The van der Waals surface area contributed by atoms with E-state index in [0.717, 1.165) is 24.0 Å². The van der Waals surface area contributed by atoms with Crippen LogP contribution in [0.5, 0.6) is 5.75 Å². The molecule has 16 heavy (non-hydrogen) atoms. The largest absolute Gasteiger partial charge is 0.505 e. The first-order chi connectivity index (χ1) is 7.11. The number of hydrogen-bond donors (Lipinski definition) is 3. The lowest BCUT2D eigenvalue weighted by molar-refractivity contribution is 0.260. The molecule has 1 aliphatic carbocycles. The van der Waals surface area contributed by atoms with Crippen molar-refractivity contribution >= 4 is 18.1 Å². The van der Waals surface area contributed by atoms with Crippen LogP contribution in [-0.2, 0) is 0 Å². The van der Waals surface area contributed by atoms with Crippen molar-refractivity contribution < 1.29 is 5.11 Å². The molecule has 0 saturated heterocycles. The minimum absolute atomic E-state index is 0. The lowest BCUT2D eigenvalue weighted by Gasteiger charge is -2.32. The van der Waals surface area contributed by atoms with Crippen molar-refractivity contribution in [1.82, 2.24) is 0 Å². The monoisotopic (exact) mass is 242 g/mol. The summed E-state index contributed by atoms with van der Waals surface area (Å²) in [5.74, 6) is 0.686. The molecule has 0 bridgehead atoms. The third-order valence-electron chi connectivity index (χ3n) is 3.46. The van der Waals surface area contributed by atoms with Crippen molar-refractivity contribution in [2.45, 2.75) is 32.2 Å². The highest BCUT2D eigenvalue weighted by molar-refractivity contribution is 5.85. The van der Waals surface area contributed by atoms with Crippen LogP contribution < -0.4 is 11.5 Å². The predicted molar refractivity (Wildman–Crippen MR) is 68.8 cm³/mol. The van der Waals surface area contributed by atoms with Crippen LogP contribution in [-0.4, -0.2) is 5.11 Å². The highest BCUT2D eigenvalue weighted by Gasteiger charge is 2.28. The average molecular weight is 243 g/mol. The number of phenols is 1. The molecule has 2 rings (SSSR count). The summed E-state index contributed by atoms with van der Waals surface area (Å²) in [7, 11) is 0. The number of anilines is 1. The molecule has 1 fully saturated rings. The van der Waals surface area contributed by atoms with Gasteiger partial charge >= 0.3 is 0 Å². The molecule has 0 radical (unpaired) electrons. The number of nitrogens with two attached hydrogens (primary N) is 2. The Morgan fingerprint density at radius 3 is 2.50 bits per heavy atom. The van der Waals surface area contributed by atoms with Gasteiger partial charge in [0.15, 0.2) is 0 Å². The third-order valence-corrected chi connectivity index (χ3v) is 3.46. The van der Waals surface area contributed by atoms with Gasteiger partial charge in [-0.15, -0.1) is 12.4 Å². The zero-order valence-corrected chi connectivity index (χ0v) is 10.3. The Hall–Kier alpha value is -0.930. The second kappa shape index (κ2) is 4.93. The van der Waals surface area contributed by atoms with Crippen LogP contribution in [0.15, 0.2) is 12.1 Å². The first kappa shape index (κ1) is 13.1. The number of halogens is 1. The minimum atomic E-state index is -0.0674. The molecule has 90 valence electrons. The second-order valence-corrected chi connectivity index (χ2v) is 4.45. The maximum absolute atomic E-state index is 9.91. The summed E-state index contributed by atoms with van der Waals surface area (Å²) in [5, 5.41) is 9.91. The Balaban J connectivity index is 0.00000128. The molecule has 0 spiro atoms. The van der Waals surface area contributed by atoms with Crippen LogP contribution in [0.2, 0.25) is 0 Å². The number of aromatic hydroxyl groups is 1. The fourth-order valence-electron chi connectivity index (χ4n) is 2.18. The van der Waals surface area contributed by atoms with Gasteiger partial charge in [0.25, 0.3) is 0 Å². The summed E-state index contributed by atoms with van der Waals surface area (Å²) in [6.45, 7) is 1.97. The summed E-state index contributed by atoms with van der Waals surface area (Å²) in [5.41, 5.74) is 14.1. The molecule has 0 amide bonds. The zero-order chi connectivity index (χ0) is 11.0. The number of rotatable bonds is 2. The van der Waals surface area contributed by atoms with Gasteiger partial charge < -0.3 is 16.6 Å². The van der Waals surface area contributed by atoms with E-state index < -0.39 is 0 Å². The molecule has 0 unspecified atom stereocenters. The van der Waals surface area contributed by atoms with Crippen molar-refractivity contribution in [3.63, 3.8) is 0 Å². The van der Waals surface area contributed by atoms with Crippen molar-refractivity contribution in [1.29, 1.82) is 0 Å². The summed E-state index contributed by atoms with van der Waals surface area (Å²) in [4.78, 5) is 0. The van der Waals surface area contributed by atoms with E-state index in [1.807, 2.05) is 13.0 Å². The Labute approximate surface area is 102 Å². The molecule has 1 aromatic carbocycles. The van der Waals surface area contributed by atoms with E-state index in [2.05, 4.69) is 0 Å². The van der Waals surface area contributed by atoms with Crippen molar-refractivity contribution in [2.24, 2.45) is 11.7 Å². The topological polar surface area (TPSA) is 72.3 Å². The average Bonchev–Trinajstić information content (AvgIpc) is 2.09. The maximum Gasteiger partial charge on any atom is 0.143 e. The Morgan fingerprint density at radius 1 is 1.38 bits per heavy atom. The van der Waals surface area contributed by atoms with Gasteiger partial charge in [0.2, 0.25) is 0 Å². The SMILES string of the molecule is Cc1ccc(N)c(O)c1[C@H](N)C1CCC1.Cl. The molecule has 1 aliphatic rings. The van der Waals surface area contributed by atoms with E-state index >= 15 is 0 Å². The summed E-state index contributed by atoms with van der Waals surface area (Å²) < 4.78 is 0. The normalized spacial score (nSPS) is 17.4. The predicted octanol–water partition coefficient (Wildman–Crippen LogP) is 2.50. The molecule has 0 heterocycles. The molecule has 1 aromatic rings. The fourth-order valence-corrected chi connectivity index (χ4v) is 2.18. The van der Waals surface area contributed by atoms with Crippen LogP contribution in [0.25, 0.3) is 0 Å². The third kappa shape index (κ3) is 2.11. The second-order valence-electron chi connectivity index (χ2n) is 4.45. The number of phenolic OH excluding ortho intramolecular Hbond substituents is 1. The van der Waals surface area contributed by atoms with Gasteiger partial charge in [-0.2, -0.15) is 0 Å². The molecule has 3 nitrogen and oxygen atoms in total. The van der Waals surface area contributed by atoms with Gasteiger partial charge in [-0.05, 0) is 37.3 Å². The summed E-state index contributed by atoms with van der Waals surface area (Å²) >= 11 is 0. The standard InChI is InChI=1S/C12H18N2O.ClH/c1-7-5-6-9(13)12(15)10(7)11(14)8-3-2-4-8;/h5-6,8,11,15H,2-4,13-14H2,1H3;1H/t11-;/m1./s1. The van der Waals surface area contributed by atoms with E-state index in [4.69, 9.17) is 11.5 Å². The number of nitrogen functional groups attached to an aromatic ring is 1.